The molecule has 35 heavy (non-hydrogen) atoms. The molecule has 1 atom stereocenters. The second-order valence-electron chi connectivity index (χ2n) is 9.43. The summed E-state index contributed by atoms with van der Waals surface area (Å²) in [5, 5.41) is 8.76. The predicted molar refractivity (Wildman–Crippen MR) is 143 cm³/mol. The summed E-state index contributed by atoms with van der Waals surface area (Å²) in [4.78, 5) is 13.6. The van der Waals surface area contributed by atoms with Gasteiger partial charge in [0.25, 0.3) is 0 Å². The molecule has 1 N–H and O–H groups in total. The minimum Gasteiger partial charge on any atom is -0.348 e. The van der Waals surface area contributed by atoms with Crippen molar-refractivity contribution in [2.75, 3.05) is 32.0 Å². The summed E-state index contributed by atoms with van der Waals surface area (Å²) >= 11 is 6.39. The van der Waals surface area contributed by atoms with Crippen LogP contribution >= 0.6 is 11.6 Å². The van der Waals surface area contributed by atoms with E-state index in [4.69, 9.17) is 16.7 Å². The van der Waals surface area contributed by atoms with Crippen molar-refractivity contribution in [1.29, 1.82) is 0 Å². The van der Waals surface area contributed by atoms with Gasteiger partial charge in [-0.1, -0.05) is 31.2 Å². The van der Waals surface area contributed by atoms with E-state index in [2.05, 4.69) is 57.8 Å². The Hall–Kier alpha value is -2.90. The van der Waals surface area contributed by atoms with Gasteiger partial charge in [-0.05, 0) is 76.9 Å². The fourth-order valence-corrected chi connectivity index (χ4v) is 4.75. The molecule has 0 spiro atoms. The van der Waals surface area contributed by atoms with E-state index in [1.54, 1.807) is 6.20 Å². The summed E-state index contributed by atoms with van der Waals surface area (Å²) in [5.74, 6) is 1.41. The number of rotatable bonds is 9. The number of hydrogen-bond donors (Lipinski definition) is 1. The molecule has 0 bridgehead atoms. The van der Waals surface area contributed by atoms with Crippen LogP contribution in [-0.4, -0.2) is 56.2 Å². The van der Waals surface area contributed by atoms with Gasteiger partial charge in [0.1, 0.15) is 0 Å². The molecule has 4 heterocycles. The number of likely N-dealkylation sites (tertiary alicyclic amines) is 1. The number of nitrogens with one attached hydrogen (secondary N) is 1. The number of hydrogen-bond acceptors (Lipinski definition) is 6. The maximum Gasteiger partial charge on any atom is 0.229 e. The third kappa shape index (κ3) is 6.21. The van der Waals surface area contributed by atoms with Gasteiger partial charge in [0, 0.05) is 53.5 Å². The summed E-state index contributed by atoms with van der Waals surface area (Å²) in [6.45, 7) is 14.0. The number of aryl methyl sites for hydroxylation is 2. The van der Waals surface area contributed by atoms with E-state index in [0.29, 0.717) is 11.6 Å². The van der Waals surface area contributed by atoms with E-state index < -0.39 is 0 Å². The molecular formula is C27H36ClN7. The van der Waals surface area contributed by atoms with Crippen LogP contribution in [0.3, 0.4) is 0 Å². The summed E-state index contributed by atoms with van der Waals surface area (Å²) in [7, 11) is 2.01. The minimum absolute atomic E-state index is 0.191. The molecule has 1 saturated heterocycles. The third-order valence-electron chi connectivity index (χ3n) is 6.78. The molecule has 0 aliphatic carbocycles. The molecule has 2 aliphatic rings. The maximum atomic E-state index is 6.39. The zero-order chi connectivity index (χ0) is 24.9. The number of likely N-dealkylation sites (N-methyl/N-ethyl adjacent to an activating group) is 1. The van der Waals surface area contributed by atoms with E-state index >= 15 is 0 Å². The van der Waals surface area contributed by atoms with Crippen LogP contribution in [0.2, 0.25) is 0 Å². The Morgan fingerprint density at radius 3 is 2.83 bits per heavy atom. The Bertz CT molecular complexity index is 1150. The third-order valence-corrected chi connectivity index (χ3v) is 7.40. The van der Waals surface area contributed by atoms with Gasteiger partial charge in [0.05, 0.1) is 5.69 Å². The quantitative estimate of drug-likeness (QED) is 0.471. The van der Waals surface area contributed by atoms with Gasteiger partial charge in [-0.15, -0.1) is 0 Å². The molecule has 0 radical (unpaired) electrons. The van der Waals surface area contributed by atoms with Gasteiger partial charge >= 0.3 is 0 Å². The number of anilines is 1. The van der Waals surface area contributed by atoms with Crippen molar-refractivity contribution in [3.63, 3.8) is 0 Å². The average Bonchev–Trinajstić information content (AvgIpc) is 3.49. The lowest BCUT2D eigenvalue weighted by Crippen LogP contribution is -2.21. The topological polar surface area (TPSA) is 62.1 Å². The van der Waals surface area contributed by atoms with Crippen LogP contribution in [0.1, 0.15) is 44.4 Å². The Kier molecular flexibility index (Phi) is 8.08. The summed E-state index contributed by atoms with van der Waals surface area (Å²) in [6.07, 6.45) is 14.8. The fourth-order valence-electron chi connectivity index (χ4n) is 4.56. The molecule has 1 fully saturated rings. The second-order valence-corrected chi connectivity index (χ2v) is 9.84. The second kappa shape index (κ2) is 11.2. The van der Waals surface area contributed by atoms with Crippen molar-refractivity contribution in [2.45, 2.75) is 46.5 Å². The van der Waals surface area contributed by atoms with Crippen molar-refractivity contribution in [1.82, 2.24) is 29.5 Å². The van der Waals surface area contributed by atoms with E-state index in [0.717, 1.165) is 47.3 Å². The summed E-state index contributed by atoms with van der Waals surface area (Å²) in [5.41, 5.74) is 5.15. The molecule has 0 saturated carbocycles. The van der Waals surface area contributed by atoms with Gasteiger partial charge in [-0.2, -0.15) is 10.1 Å². The maximum absolute atomic E-state index is 6.39. The molecule has 186 valence electrons. The van der Waals surface area contributed by atoms with Crippen LogP contribution in [0, 0.1) is 12.8 Å². The summed E-state index contributed by atoms with van der Waals surface area (Å²) < 4.78 is 1.84. The lowest BCUT2D eigenvalue weighted by molar-refractivity contribution is 0.334. The van der Waals surface area contributed by atoms with Gasteiger partial charge in [0.2, 0.25) is 5.95 Å². The molecular weight excluding hydrogens is 458 g/mol. The first-order valence-corrected chi connectivity index (χ1v) is 12.8. The summed E-state index contributed by atoms with van der Waals surface area (Å²) in [6, 6.07) is 1.87. The van der Waals surface area contributed by atoms with Crippen molar-refractivity contribution in [3.05, 3.63) is 76.6 Å². The number of aromatic nitrogens is 4. The van der Waals surface area contributed by atoms with E-state index in [-0.39, 0.29) is 5.92 Å². The van der Waals surface area contributed by atoms with Gasteiger partial charge in [-0.3, -0.25) is 0 Å². The molecule has 2 aromatic heterocycles. The smallest absolute Gasteiger partial charge is 0.229 e. The zero-order valence-corrected chi connectivity index (χ0v) is 22.0. The van der Waals surface area contributed by atoms with Crippen LogP contribution in [0.5, 0.6) is 0 Å². The van der Waals surface area contributed by atoms with Crippen LogP contribution in [0.4, 0.5) is 5.95 Å². The first kappa shape index (κ1) is 25.2. The van der Waals surface area contributed by atoms with Gasteiger partial charge < -0.3 is 15.1 Å². The largest absolute Gasteiger partial charge is 0.348 e. The lowest BCUT2D eigenvalue weighted by Gasteiger charge is -2.29. The Balaban J connectivity index is 1.37. The standard InChI is InChI=1S/C27H36ClN7/c1-19-17-24(33(5)22(4)26(19)28)11-10-20(2)30-27-29-13-12-25(31-27)35-18-23(21(3)32-35)9-8-16-34-14-6-7-15-34/h10-13,17-19H,2,6-9,14-16H2,1,3-5H3,(H,29,30,31)/b11-10-. The average molecular weight is 494 g/mol. The van der Waals surface area contributed by atoms with Crippen molar-refractivity contribution in [2.24, 2.45) is 5.92 Å². The van der Waals surface area contributed by atoms with E-state index in [9.17, 15) is 0 Å². The highest BCUT2D eigenvalue weighted by Crippen LogP contribution is 2.31. The van der Waals surface area contributed by atoms with Crippen molar-refractivity contribution < 1.29 is 0 Å². The molecule has 8 heteroatoms. The van der Waals surface area contributed by atoms with Gasteiger partial charge in [0.15, 0.2) is 5.82 Å². The fraction of sp³-hybridized carbons (Fsp3) is 0.444. The zero-order valence-electron chi connectivity index (χ0n) is 21.3. The van der Waals surface area contributed by atoms with Crippen molar-refractivity contribution >= 4 is 17.5 Å². The van der Waals surface area contributed by atoms with Gasteiger partial charge in [-0.25, -0.2) is 9.67 Å². The van der Waals surface area contributed by atoms with Crippen LogP contribution in [0.25, 0.3) is 5.82 Å². The highest BCUT2D eigenvalue weighted by atomic mass is 35.5. The first-order chi connectivity index (χ1) is 16.8. The predicted octanol–water partition coefficient (Wildman–Crippen LogP) is 5.42. The Morgan fingerprint density at radius 1 is 1.29 bits per heavy atom. The lowest BCUT2D eigenvalue weighted by atomic mass is 10.0. The normalized spacial score (nSPS) is 19.1. The molecule has 7 nitrogen and oxygen atoms in total. The van der Waals surface area contributed by atoms with E-state index in [1.807, 2.05) is 36.9 Å². The van der Waals surface area contributed by atoms with Crippen LogP contribution < -0.4 is 5.32 Å². The van der Waals surface area contributed by atoms with Crippen molar-refractivity contribution in [3.8, 4) is 5.82 Å². The number of halogens is 1. The SMILES string of the molecule is C=C(/C=C\C1=CC(C)C(Cl)=C(C)N1C)Nc1nccc(-n2cc(CCCN3CCCC3)c(C)n2)n1. The van der Waals surface area contributed by atoms with E-state index in [1.165, 1.54) is 31.5 Å². The molecule has 1 unspecified atom stereocenters. The molecule has 4 rings (SSSR count). The number of allylic oxidation sites excluding steroid dienone is 5. The molecule has 2 aliphatic heterocycles. The molecule has 0 aromatic carbocycles. The molecule has 2 aromatic rings. The first-order valence-electron chi connectivity index (χ1n) is 12.4. The Morgan fingerprint density at radius 2 is 2.06 bits per heavy atom. The minimum atomic E-state index is 0.191. The number of nitrogens with zero attached hydrogens (tertiary/aromatic N) is 6. The monoisotopic (exact) mass is 493 g/mol. The van der Waals surface area contributed by atoms with Crippen LogP contribution in [0.15, 0.2) is 65.4 Å². The highest BCUT2D eigenvalue weighted by Gasteiger charge is 2.18. The Labute approximate surface area is 213 Å². The highest BCUT2D eigenvalue weighted by molar-refractivity contribution is 6.30. The van der Waals surface area contributed by atoms with Crippen LogP contribution in [-0.2, 0) is 6.42 Å². The molecule has 0 amide bonds.